The normalized spacial score (nSPS) is 10.2. The molecular formula is C23H21N3O4. The number of aromatic nitrogens is 1. The molecule has 3 rings (SSSR count). The minimum Gasteiger partial charge on any atom is -0.493 e. The van der Waals surface area contributed by atoms with Gasteiger partial charge in [-0.15, -0.1) is 0 Å². The van der Waals surface area contributed by atoms with E-state index in [0.29, 0.717) is 28.4 Å². The minimum atomic E-state index is -0.505. The van der Waals surface area contributed by atoms with Crippen LogP contribution in [0.3, 0.4) is 0 Å². The summed E-state index contributed by atoms with van der Waals surface area (Å²) in [5, 5.41) is 11.9. The van der Waals surface area contributed by atoms with E-state index in [1.165, 1.54) is 24.9 Å². The van der Waals surface area contributed by atoms with Gasteiger partial charge < -0.3 is 14.8 Å². The molecule has 0 aliphatic carbocycles. The Hall–Kier alpha value is -4.05. The van der Waals surface area contributed by atoms with Crippen molar-refractivity contribution in [3.05, 3.63) is 87.3 Å². The Balaban J connectivity index is 1.91. The first-order valence-corrected chi connectivity index (χ1v) is 9.21. The number of methoxy groups -OCH3 is 2. The lowest BCUT2D eigenvalue weighted by Crippen LogP contribution is -2.33. The van der Waals surface area contributed by atoms with Crippen LogP contribution in [0.1, 0.15) is 27.2 Å². The highest BCUT2D eigenvalue weighted by molar-refractivity contribution is 5.94. The first-order chi connectivity index (χ1) is 14.5. The molecule has 2 aromatic carbocycles. The van der Waals surface area contributed by atoms with Crippen molar-refractivity contribution >= 4 is 5.91 Å². The van der Waals surface area contributed by atoms with Gasteiger partial charge in [0.05, 0.1) is 31.5 Å². The first kappa shape index (κ1) is 20.7. The molecule has 0 saturated heterocycles. The van der Waals surface area contributed by atoms with E-state index >= 15 is 0 Å². The van der Waals surface area contributed by atoms with Crippen LogP contribution in [0.5, 0.6) is 11.5 Å². The lowest BCUT2D eigenvalue weighted by molar-refractivity contribution is 0.0948. The monoisotopic (exact) mass is 403 g/mol. The van der Waals surface area contributed by atoms with Crippen LogP contribution in [0.15, 0.2) is 59.4 Å². The SMILES string of the molecule is COc1cccc(CNC(=O)c2ccc(C)n(-c3cccc(C#N)c3)c2=O)c1OC. The molecule has 1 aromatic heterocycles. The third-order valence-corrected chi connectivity index (χ3v) is 4.68. The number of nitrogens with zero attached hydrogens (tertiary/aromatic N) is 2. The van der Waals surface area contributed by atoms with Crippen molar-refractivity contribution < 1.29 is 14.3 Å². The molecule has 7 nitrogen and oxygen atoms in total. The number of carbonyl (C=O) groups excluding carboxylic acids is 1. The minimum absolute atomic E-state index is 0.00447. The summed E-state index contributed by atoms with van der Waals surface area (Å²) in [6.07, 6.45) is 0. The number of aryl methyl sites for hydroxylation is 1. The molecule has 0 saturated carbocycles. The Kier molecular flexibility index (Phi) is 6.18. The molecule has 152 valence electrons. The van der Waals surface area contributed by atoms with Gasteiger partial charge in [-0.1, -0.05) is 18.2 Å². The molecule has 0 fully saturated rings. The number of rotatable bonds is 6. The number of carbonyl (C=O) groups is 1. The fourth-order valence-electron chi connectivity index (χ4n) is 3.20. The molecule has 0 unspecified atom stereocenters. The Labute approximate surface area is 174 Å². The van der Waals surface area contributed by atoms with E-state index in [9.17, 15) is 9.59 Å². The van der Waals surface area contributed by atoms with E-state index in [2.05, 4.69) is 11.4 Å². The van der Waals surface area contributed by atoms with Gasteiger partial charge >= 0.3 is 0 Å². The second kappa shape index (κ2) is 8.97. The summed E-state index contributed by atoms with van der Waals surface area (Å²) in [6.45, 7) is 1.93. The van der Waals surface area contributed by atoms with Gasteiger partial charge in [0.1, 0.15) is 5.56 Å². The topological polar surface area (TPSA) is 93.4 Å². The predicted molar refractivity (Wildman–Crippen MR) is 112 cm³/mol. The van der Waals surface area contributed by atoms with Crippen LogP contribution in [0.4, 0.5) is 0 Å². The molecular weight excluding hydrogens is 382 g/mol. The fraction of sp³-hybridized carbons (Fsp3) is 0.174. The van der Waals surface area contributed by atoms with Gasteiger partial charge in [-0.05, 0) is 43.3 Å². The number of nitriles is 1. The van der Waals surface area contributed by atoms with E-state index in [1.54, 1.807) is 49.4 Å². The third kappa shape index (κ3) is 4.03. The van der Waals surface area contributed by atoms with Crippen molar-refractivity contribution in [3.8, 4) is 23.3 Å². The second-order valence-corrected chi connectivity index (χ2v) is 6.53. The molecule has 7 heteroatoms. The zero-order valence-electron chi connectivity index (χ0n) is 16.9. The number of pyridine rings is 1. The molecule has 0 spiro atoms. The standard InChI is InChI=1S/C23H21N3O4/c1-15-10-11-19(23(28)26(15)18-8-4-6-16(12-18)13-24)22(27)25-14-17-7-5-9-20(29-2)21(17)30-3/h4-12H,14H2,1-3H3,(H,25,27). The van der Waals surface area contributed by atoms with Crippen molar-refractivity contribution in [3.63, 3.8) is 0 Å². The zero-order chi connectivity index (χ0) is 21.7. The van der Waals surface area contributed by atoms with Gasteiger partial charge in [0.25, 0.3) is 11.5 Å². The highest BCUT2D eigenvalue weighted by atomic mass is 16.5. The van der Waals surface area contributed by atoms with Crippen LogP contribution in [0, 0.1) is 18.3 Å². The van der Waals surface area contributed by atoms with Gasteiger partial charge in [0.15, 0.2) is 11.5 Å². The molecule has 1 heterocycles. The fourth-order valence-corrected chi connectivity index (χ4v) is 3.20. The Morgan fingerprint density at radius 2 is 1.87 bits per heavy atom. The van der Waals surface area contributed by atoms with Crippen molar-refractivity contribution in [1.82, 2.24) is 9.88 Å². The van der Waals surface area contributed by atoms with Crippen molar-refractivity contribution in [2.24, 2.45) is 0 Å². The van der Waals surface area contributed by atoms with E-state index in [4.69, 9.17) is 14.7 Å². The summed E-state index contributed by atoms with van der Waals surface area (Å²) < 4.78 is 12.1. The van der Waals surface area contributed by atoms with Crippen molar-refractivity contribution in [2.45, 2.75) is 13.5 Å². The van der Waals surface area contributed by atoms with Crippen molar-refractivity contribution in [2.75, 3.05) is 14.2 Å². The summed E-state index contributed by atoms with van der Waals surface area (Å²) in [4.78, 5) is 25.8. The lowest BCUT2D eigenvalue weighted by atomic mass is 10.1. The molecule has 1 amide bonds. The van der Waals surface area contributed by atoms with Crippen LogP contribution < -0.4 is 20.3 Å². The molecule has 0 aliphatic rings. The lowest BCUT2D eigenvalue weighted by Gasteiger charge is -2.14. The summed E-state index contributed by atoms with van der Waals surface area (Å²) >= 11 is 0. The Morgan fingerprint density at radius 3 is 2.57 bits per heavy atom. The number of nitrogens with one attached hydrogen (secondary N) is 1. The average Bonchev–Trinajstić information content (AvgIpc) is 2.77. The molecule has 30 heavy (non-hydrogen) atoms. The number of hydrogen-bond donors (Lipinski definition) is 1. The van der Waals surface area contributed by atoms with Crippen LogP contribution in [-0.4, -0.2) is 24.7 Å². The van der Waals surface area contributed by atoms with Crippen LogP contribution in [0.25, 0.3) is 5.69 Å². The van der Waals surface area contributed by atoms with E-state index < -0.39 is 11.5 Å². The van der Waals surface area contributed by atoms with Gasteiger partial charge in [-0.3, -0.25) is 14.2 Å². The van der Waals surface area contributed by atoms with Gasteiger partial charge in [0.2, 0.25) is 0 Å². The largest absolute Gasteiger partial charge is 0.493 e. The maximum absolute atomic E-state index is 13.0. The number of ether oxygens (including phenoxy) is 2. The molecule has 1 N–H and O–H groups in total. The quantitative estimate of drug-likeness (QED) is 0.683. The van der Waals surface area contributed by atoms with Gasteiger partial charge in [-0.25, -0.2) is 0 Å². The van der Waals surface area contributed by atoms with Gasteiger partial charge in [-0.2, -0.15) is 5.26 Å². The van der Waals surface area contributed by atoms with Crippen LogP contribution >= 0.6 is 0 Å². The molecule has 0 radical (unpaired) electrons. The second-order valence-electron chi connectivity index (χ2n) is 6.53. The summed E-state index contributed by atoms with van der Waals surface area (Å²) in [6, 6.07) is 17.3. The molecule has 0 aliphatic heterocycles. The number of benzene rings is 2. The summed E-state index contributed by atoms with van der Waals surface area (Å²) in [5.74, 6) is 0.573. The van der Waals surface area contributed by atoms with E-state index in [1.807, 2.05) is 6.07 Å². The maximum Gasteiger partial charge on any atom is 0.268 e. The van der Waals surface area contributed by atoms with Crippen LogP contribution in [-0.2, 0) is 6.54 Å². The Bertz CT molecular complexity index is 1190. The molecule has 0 atom stereocenters. The molecule has 0 bridgehead atoms. The number of para-hydroxylation sites is 1. The predicted octanol–water partition coefficient (Wildman–Crippen LogP) is 2.96. The number of amides is 1. The third-order valence-electron chi connectivity index (χ3n) is 4.68. The van der Waals surface area contributed by atoms with Gasteiger partial charge in [0, 0.05) is 17.8 Å². The zero-order valence-corrected chi connectivity index (χ0v) is 16.9. The average molecular weight is 403 g/mol. The number of hydrogen-bond acceptors (Lipinski definition) is 5. The Morgan fingerprint density at radius 1 is 1.10 bits per heavy atom. The first-order valence-electron chi connectivity index (χ1n) is 9.21. The van der Waals surface area contributed by atoms with E-state index in [0.717, 1.165) is 5.56 Å². The van der Waals surface area contributed by atoms with E-state index in [-0.39, 0.29) is 12.1 Å². The van der Waals surface area contributed by atoms with Crippen LogP contribution in [0.2, 0.25) is 0 Å². The van der Waals surface area contributed by atoms with Crippen molar-refractivity contribution in [1.29, 1.82) is 5.26 Å². The smallest absolute Gasteiger partial charge is 0.268 e. The molecule has 3 aromatic rings. The summed E-state index contributed by atoms with van der Waals surface area (Å²) in [5.41, 5.74) is 1.88. The highest BCUT2D eigenvalue weighted by Gasteiger charge is 2.16. The maximum atomic E-state index is 13.0. The summed E-state index contributed by atoms with van der Waals surface area (Å²) in [7, 11) is 3.06. The highest BCUT2D eigenvalue weighted by Crippen LogP contribution is 2.30.